The van der Waals surface area contributed by atoms with Crippen molar-refractivity contribution in [1.29, 1.82) is 0 Å². The van der Waals surface area contributed by atoms with Crippen LogP contribution in [0, 0.1) is 0 Å². The van der Waals surface area contributed by atoms with Crippen molar-refractivity contribution < 1.29 is 14.6 Å². The molecule has 1 aromatic carbocycles. The molecule has 3 nitrogen and oxygen atoms in total. The molecule has 0 bridgehead atoms. The van der Waals surface area contributed by atoms with Crippen LogP contribution in [-0.4, -0.2) is 31.0 Å². The van der Waals surface area contributed by atoms with Gasteiger partial charge in [0, 0.05) is 12.0 Å². The Bertz CT molecular complexity index is 425. The van der Waals surface area contributed by atoms with E-state index >= 15 is 0 Å². The van der Waals surface area contributed by atoms with E-state index in [0.717, 1.165) is 25.0 Å². The second-order valence-electron chi connectivity index (χ2n) is 5.64. The first-order chi connectivity index (χ1) is 9.03. The highest BCUT2D eigenvalue weighted by Gasteiger charge is 2.22. The summed E-state index contributed by atoms with van der Waals surface area (Å²) in [6, 6.07) is 5.71. The summed E-state index contributed by atoms with van der Waals surface area (Å²) in [4.78, 5) is 0. The van der Waals surface area contributed by atoms with Gasteiger partial charge in [-0.15, -0.1) is 0 Å². The summed E-state index contributed by atoms with van der Waals surface area (Å²) in [5, 5.41) is 9.97. The summed E-state index contributed by atoms with van der Waals surface area (Å²) in [5.74, 6) is 0.689. The molecule has 0 amide bonds. The molecular formula is C15H21ClO3. The van der Waals surface area contributed by atoms with Gasteiger partial charge >= 0.3 is 0 Å². The predicted molar refractivity (Wildman–Crippen MR) is 76.0 cm³/mol. The van der Waals surface area contributed by atoms with Crippen LogP contribution in [0.15, 0.2) is 18.2 Å². The Morgan fingerprint density at radius 1 is 1.47 bits per heavy atom. The number of aliphatic hydroxyl groups excluding tert-OH is 1. The number of hydrogen-bond acceptors (Lipinski definition) is 3. The first kappa shape index (κ1) is 14.6. The van der Waals surface area contributed by atoms with Crippen molar-refractivity contribution in [3.05, 3.63) is 28.8 Å². The molecule has 0 aromatic heterocycles. The lowest BCUT2D eigenvalue weighted by molar-refractivity contribution is 0.00746. The zero-order valence-electron chi connectivity index (χ0n) is 11.5. The van der Waals surface area contributed by atoms with E-state index in [1.54, 1.807) is 0 Å². The smallest absolute Gasteiger partial charge is 0.138 e. The Hall–Kier alpha value is -0.770. The first-order valence-corrected chi connectivity index (χ1v) is 7.06. The average molecular weight is 285 g/mol. The number of rotatable bonds is 4. The highest BCUT2D eigenvalue weighted by atomic mass is 35.5. The molecule has 1 N–H and O–H groups in total. The van der Waals surface area contributed by atoms with Crippen molar-refractivity contribution in [3.63, 3.8) is 0 Å². The second-order valence-corrected chi connectivity index (χ2v) is 6.05. The van der Waals surface area contributed by atoms with E-state index in [-0.39, 0.29) is 18.1 Å². The number of hydrogen-bond donors (Lipinski definition) is 1. The monoisotopic (exact) mass is 284 g/mol. The van der Waals surface area contributed by atoms with Gasteiger partial charge in [0.05, 0.1) is 18.2 Å². The van der Waals surface area contributed by atoms with E-state index in [0.29, 0.717) is 17.4 Å². The molecule has 2 rings (SSSR count). The summed E-state index contributed by atoms with van der Waals surface area (Å²) >= 11 is 6.26. The van der Waals surface area contributed by atoms with Crippen molar-refractivity contribution >= 4 is 11.6 Å². The summed E-state index contributed by atoms with van der Waals surface area (Å²) in [6.07, 6.45) is 2.11. The highest BCUT2D eigenvalue weighted by Crippen LogP contribution is 2.32. The summed E-state index contributed by atoms with van der Waals surface area (Å²) < 4.78 is 11.3. The standard InChI is InChI=1S/C15H21ClO3/c1-15(2,10-17)11-5-6-14(13(16)8-11)19-12-4-3-7-18-9-12/h5-6,8,12,17H,3-4,7,9-10H2,1-2H3. The van der Waals surface area contributed by atoms with E-state index in [2.05, 4.69) is 0 Å². The van der Waals surface area contributed by atoms with Crippen LogP contribution in [0.25, 0.3) is 0 Å². The second kappa shape index (κ2) is 6.12. The van der Waals surface area contributed by atoms with E-state index in [9.17, 15) is 5.11 Å². The molecule has 0 spiro atoms. The molecule has 1 fully saturated rings. The van der Waals surface area contributed by atoms with E-state index < -0.39 is 0 Å². The fourth-order valence-corrected chi connectivity index (χ4v) is 2.32. The molecule has 1 heterocycles. The number of aliphatic hydroxyl groups is 1. The van der Waals surface area contributed by atoms with Crippen LogP contribution in [0.5, 0.6) is 5.75 Å². The number of ether oxygens (including phenoxy) is 2. The van der Waals surface area contributed by atoms with Crippen LogP contribution >= 0.6 is 11.6 Å². The molecular weight excluding hydrogens is 264 g/mol. The van der Waals surface area contributed by atoms with Crippen LogP contribution in [0.4, 0.5) is 0 Å². The third-order valence-corrected chi connectivity index (χ3v) is 3.82. The quantitative estimate of drug-likeness (QED) is 0.923. The van der Waals surface area contributed by atoms with Crippen molar-refractivity contribution in [2.75, 3.05) is 19.8 Å². The maximum Gasteiger partial charge on any atom is 0.138 e. The topological polar surface area (TPSA) is 38.7 Å². The first-order valence-electron chi connectivity index (χ1n) is 6.68. The van der Waals surface area contributed by atoms with Gasteiger partial charge in [-0.3, -0.25) is 0 Å². The Labute approximate surface area is 119 Å². The van der Waals surface area contributed by atoms with E-state index in [1.807, 2.05) is 32.0 Å². The minimum absolute atomic E-state index is 0.0833. The Balaban J connectivity index is 2.10. The Kier molecular flexibility index (Phi) is 4.71. The van der Waals surface area contributed by atoms with E-state index in [1.165, 1.54) is 0 Å². The van der Waals surface area contributed by atoms with Gasteiger partial charge in [-0.25, -0.2) is 0 Å². The van der Waals surface area contributed by atoms with Crippen LogP contribution in [0.3, 0.4) is 0 Å². The third-order valence-electron chi connectivity index (χ3n) is 3.52. The molecule has 1 aliphatic heterocycles. The average Bonchev–Trinajstić information content (AvgIpc) is 2.42. The molecule has 4 heteroatoms. The van der Waals surface area contributed by atoms with Gasteiger partial charge in [0.1, 0.15) is 11.9 Å². The zero-order chi connectivity index (χ0) is 13.9. The molecule has 0 aliphatic carbocycles. The van der Waals surface area contributed by atoms with Crippen LogP contribution in [0.1, 0.15) is 32.3 Å². The number of halogens is 1. The fraction of sp³-hybridized carbons (Fsp3) is 0.600. The van der Waals surface area contributed by atoms with Gasteiger partial charge in [-0.05, 0) is 30.5 Å². The van der Waals surface area contributed by atoms with Gasteiger partial charge in [-0.2, -0.15) is 0 Å². The molecule has 1 atom stereocenters. The minimum Gasteiger partial charge on any atom is -0.486 e. The molecule has 1 unspecified atom stereocenters. The maximum atomic E-state index is 9.38. The lowest BCUT2D eigenvalue weighted by Crippen LogP contribution is -2.28. The van der Waals surface area contributed by atoms with Gasteiger partial charge in [-0.1, -0.05) is 31.5 Å². The minimum atomic E-state index is -0.296. The third kappa shape index (κ3) is 3.62. The fourth-order valence-electron chi connectivity index (χ4n) is 2.09. The SMILES string of the molecule is CC(C)(CO)c1ccc(OC2CCCOC2)c(Cl)c1. The van der Waals surface area contributed by atoms with Gasteiger partial charge in [0.2, 0.25) is 0 Å². The largest absolute Gasteiger partial charge is 0.486 e. The van der Waals surface area contributed by atoms with Crippen molar-refractivity contribution in [1.82, 2.24) is 0 Å². The normalized spacial score (nSPS) is 20.3. The lowest BCUT2D eigenvalue weighted by Gasteiger charge is -2.26. The van der Waals surface area contributed by atoms with Crippen molar-refractivity contribution in [3.8, 4) is 5.75 Å². The number of benzene rings is 1. The molecule has 19 heavy (non-hydrogen) atoms. The molecule has 1 aliphatic rings. The molecule has 106 valence electrons. The molecule has 1 aromatic rings. The lowest BCUT2D eigenvalue weighted by atomic mass is 9.86. The van der Waals surface area contributed by atoms with Gasteiger partial charge in [0.25, 0.3) is 0 Å². The van der Waals surface area contributed by atoms with Crippen LogP contribution < -0.4 is 4.74 Å². The van der Waals surface area contributed by atoms with E-state index in [4.69, 9.17) is 21.1 Å². The zero-order valence-corrected chi connectivity index (χ0v) is 12.2. The summed E-state index contributed by atoms with van der Waals surface area (Å²) in [6.45, 7) is 5.49. The van der Waals surface area contributed by atoms with Gasteiger partial charge < -0.3 is 14.6 Å². The van der Waals surface area contributed by atoms with Crippen LogP contribution in [0.2, 0.25) is 5.02 Å². The van der Waals surface area contributed by atoms with Gasteiger partial charge in [0.15, 0.2) is 0 Å². The Morgan fingerprint density at radius 2 is 2.26 bits per heavy atom. The summed E-state index contributed by atoms with van der Waals surface area (Å²) in [5.41, 5.74) is 0.711. The molecule has 0 saturated carbocycles. The van der Waals surface area contributed by atoms with Crippen molar-refractivity contribution in [2.45, 2.75) is 38.2 Å². The molecule has 0 radical (unpaired) electrons. The summed E-state index contributed by atoms with van der Waals surface area (Å²) in [7, 11) is 0. The predicted octanol–water partition coefficient (Wildman–Crippen LogP) is 3.17. The van der Waals surface area contributed by atoms with Crippen molar-refractivity contribution in [2.24, 2.45) is 0 Å². The highest BCUT2D eigenvalue weighted by molar-refractivity contribution is 6.32. The maximum absolute atomic E-state index is 9.38. The molecule has 1 saturated heterocycles. The van der Waals surface area contributed by atoms with Crippen LogP contribution in [-0.2, 0) is 10.2 Å². The Morgan fingerprint density at radius 3 is 2.84 bits per heavy atom.